The second-order valence-electron chi connectivity index (χ2n) is 10.3. The molecule has 0 saturated heterocycles. The molecule has 1 aliphatic heterocycles. The van der Waals surface area contributed by atoms with E-state index < -0.39 is 11.7 Å². The van der Waals surface area contributed by atoms with Gasteiger partial charge in [0.2, 0.25) is 0 Å². The number of nitrogens with zero attached hydrogens (tertiary/aromatic N) is 5. The number of carbonyl (C=O) groups is 2. The van der Waals surface area contributed by atoms with Gasteiger partial charge >= 0.3 is 0 Å². The van der Waals surface area contributed by atoms with E-state index in [0.29, 0.717) is 17.4 Å². The van der Waals surface area contributed by atoms with Gasteiger partial charge in [-0.05, 0) is 65.9 Å². The molecule has 1 aliphatic rings. The highest BCUT2D eigenvalue weighted by atomic mass is 32.2. The lowest BCUT2D eigenvalue weighted by atomic mass is 10.0. The number of benzene rings is 3. The Morgan fingerprint density at radius 2 is 1.87 bits per heavy atom. The molecule has 12 heteroatoms. The van der Waals surface area contributed by atoms with Crippen LogP contribution in [-0.2, 0) is 11.3 Å². The maximum atomic E-state index is 14.2. The number of aromatic nitrogens is 3. The first-order chi connectivity index (χ1) is 21.9. The second-order valence-corrected chi connectivity index (χ2v) is 12.2. The van der Waals surface area contributed by atoms with Crippen molar-refractivity contribution in [2.75, 3.05) is 12.9 Å². The lowest BCUT2D eigenvalue weighted by molar-refractivity contribution is -0.130. The normalized spacial score (nSPS) is 14.3. The zero-order valence-electron chi connectivity index (χ0n) is 24.5. The average molecular weight is 641 g/mol. The third-order valence-electron chi connectivity index (χ3n) is 7.28. The highest BCUT2D eigenvalue weighted by Gasteiger charge is 2.34. The molecule has 0 radical (unpaired) electrons. The van der Waals surface area contributed by atoms with Crippen LogP contribution in [-0.4, -0.2) is 50.2 Å². The minimum atomic E-state index is -0.607. The second kappa shape index (κ2) is 13.4. The molecule has 2 aromatic heterocycles. The van der Waals surface area contributed by atoms with E-state index in [-0.39, 0.29) is 29.8 Å². The highest BCUT2D eigenvalue weighted by molar-refractivity contribution is 7.99. The smallest absolute Gasteiger partial charge is 0.254 e. The van der Waals surface area contributed by atoms with Gasteiger partial charge in [0.05, 0.1) is 41.6 Å². The van der Waals surface area contributed by atoms with Gasteiger partial charge in [-0.25, -0.2) is 9.40 Å². The molecule has 0 aliphatic carbocycles. The number of amides is 2. The van der Waals surface area contributed by atoms with Crippen LogP contribution in [0.25, 0.3) is 5.69 Å². The van der Waals surface area contributed by atoms with Crippen molar-refractivity contribution in [2.45, 2.75) is 31.1 Å². The molecule has 2 amide bonds. The summed E-state index contributed by atoms with van der Waals surface area (Å²) in [6, 6.07) is 24.9. The van der Waals surface area contributed by atoms with Gasteiger partial charge in [-0.3, -0.25) is 14.2 Å². The van der Waals surface area contributed by atoms with Gasteiger partial charge in [-0.1, -0.05) is 54.2 Å². The first-order valence-corrected chi connectivity index (χ1v) is 16.0. The SMILES string of the molecule is COc1ccc([C@@H]2CC(c3cccs3)=NN2C(=O)CSc2nnc(CNC(=O)c3ccccc3F)n2-c2cccc(C)c2)cc1. The molecule has 228 valence electrons. The average Bonchev–Trinajstić information content (AvgIpc) is 3.83. The lowest BCUT2D eigenvalue weighted by Crippen LogP contribution is -2.28. The molecular weight excluding hydrogens is 612 g/mol. The van der Waals surface area contributed by atoms with Gasteiger partial charge in [-0.2, -0.15) is 5.10 Å². The predicted octanol–water partition coefficient (Wildman–Crippen LogP) is 6.18. The molecule has 6 rings (SSSR count). The number of methoxy groups -OCH3 is 1. The number of hydrazone groups is 1. The number of ether oxygens (including phenoxy) is 1. The summed E-state index contributed by atoms with van der Waals surface area (Å²) in [5.41, 5.74) is 3.56. The van der Waals surface area contributed by atoms with Crippen molar-refractivity contribution in [2.24, 2.45) is 5.10 Å². The van der Waals surface area contributed by atoms with E-state index in [0.717, 1.165) is 33.2 Å². The van der Waals surface area contributed by atoms with Crippen LogP contribution < -0.4 is 10.1 Å². The number of aryl methyl sites for hydroxylation is 1. The molecule has 5 aromatic rings. The number of nitrogens with one attached hydrogen (secondary N) is 1. The third-order valence-corrected chi connectivity index (χ3v) is 9.12. The molecule has 0 spiro atoms. The summed E-state index contributed by atoms with van der Waals surface area (Å²) in [4.78, 5) is 27.5. The van der Waals surface area contributed by atoms with Crippen molar-refractivity contribution in [1.29, 1.82) is 0 Å². The summed E-state index contributed by atoms with van der Waals surface area (Å²) in [7, 11) is 1.62. The number of hydrogen-bond donors (Lipinski definition) is 1. The van der Waals surface area contributed by atoms with E-state index in [2.05, 4.69) is 15.5 Å². The standard InChI is InChI=1S/C33H29FN6O3S2/c1-21-7-5-8-23(17-21)39-30(19-35-32(42)25-9-3-4-10-26(25)34)36-37-33(39)45-20-31(41)40-28(22-12-14-24(43-2)15-13-22)18-27(38-40)29-11-6-16-44-29/h3-17,28H,18-20H2,1-2H3,(H,35,42)/t28-/m0/s1. The van der Waals surface area contributed by atoms with Gasteiger partial charge in [0.15, 0.2) is 11.0 Å². The van der Waals surface area contributed by atoms with E-state index in [9.17, 15) is 14.0 Å². The summed E-state index contributed by atoms with van der Waals surface area (Å²) in [5, 5.41) is 20.3. The van der Waals surface area contributed by atoms with E-state index in [1.807, 2.05) is 73.0 Å². The molecule has 1 N–H and O–H groups in total. The van der Waals surface area contributed by atoms with Crippen LogP contribution >= 0.6 is 23.1 Å². The molecule has 45 heavy (non-hydrogen) atoms. The Morgan fingerprint density at radius 3 is 2.60 bits per heavy atom. The highest BCUT2D eigenvalue weighted by Crippen LogP contribution is 2.35. The Kier molecular flexibility index (Phi) is 9.03. The Bertz CT molecular complexity index is 1860. The fraction of sp³-hybridized carbons (Fsp3) is 0.182. The Morgan fingerprint density at radius 1 is 1.04 bits per heavy atom. The predicted molar refractivity (Wildman–Crippen MR) is 172 cm³/mol. The summed E-state index contributed by atoms with van der Waals surface area (Å²) in [5.74, 6) is -0.115. The summed E-state index contributed by atoms with van der Waals surface area (Å²) in [6.45, 7) is 1.97. The van der Waals surface area contributed by atoms with Gasteiger partial charge < -0.3 is 10.1 Å². The maximum absolute atomic E-state index is 14.2. The molecule has 0 bridgehead atoms. The molecule has 3 aromatic carbocycles. The van der Waals surface area contributed by atoms with E-state index in [4.69, 9.17) is 9.84 Å². The number of thioether (sulfide) groups is 1. The molecule has 0 fully saturated rings. The van der Waals surface area contributed by atoms with Crippen molar-refractivity contribution in [3.05, 3.63) is 124 Å². The van der Waals surface area contributed by atoms with Crippen LogP contribution in [0.15, 0.2) is 101 Å². The van der Waals surface area contributed by atoms with Crippen LogP contribution in [0.2, 0.25) is 0 Å². The quantitative estimate of drug-likeness (QED) is 0.183. The molecule has 0 saturated carbocycles. The largest absolute Gasteiger partial charge is 0.497 e. The lowest BCUT2D eigenvalue weighted by Gasteiger charge is -2.22. The minimum Gasteiger partial charge on any atom is -0.497 e. The zero-order valence-corrected chi connectivity index (χ0v) is 26.1. The summed E-state index contributed by atoms with van der Waals surface area (Å²) >= 11 is 2.83. The number of hydrogen-bond acceptors (Lipinski definition) is 8. The topological polar surface area (TPSA) is 102 Å². The van der Waals surface area contributed by atoms with Crippen molar-refractivity contribution >= 4 is 40.6 Å². The first kappa shape index (κ1) is 30.2. The minimum absolute atomic E-state index is 0.00273. The first-order valence-electron chi connectivity index (χ1n) is 14.2. The molecular formula is C33H29FN6O3S2. The van der Waals surface area contributed by atoms with Gasteiger partial charge in [0.1, 0.15) is 11.6 Å². The van der Waals surface area contributed by atoms with Crippen molar-refractivity contribution in [3.63, 3.8) is 0 Å². The van der Waals surface area contributed by atoms with Gasteiger partial charge in [0, 0.05) is 12.1 Å². The van der Waals surface area contributed by atoms with Gasteiger partial charge in [-0.15, -0.1) is 21.5 Å². The number of halogens is 1. The molecule has 3 heterocycles. The zero-order chi connectivity index (χ0) is 31.3. The van der Waals surface area contributed by atoms with Crippen LogP contribution in [0.3, 0.4) is 0 Å². The van der Waals surface area contributed by atoms with Crippen molar-refractivity contribution in [3.8, 4) is 11.4 Å². The van der Waals surface area contributed by atoms with Crippen molar-refractivity contribution in [1.82, 2.24) is 25.1 Å². The van der Waals surface area contributed by atoms with Crippen LogP contribution in [0, 0.1) is 12.7 Å². The maximum Gasteiger partial charge on any atom is 0.254 e. The fourth-order valence-electron chi connectivity index (χ4n) is 5.04. The van der Waals surface area contributed by atoms with Crippen molar-refractivity contribution < 1.29 is 18.7 Å². The molecule has 0 unspecified atom stereocenters. The molecule has 9 nitrogen and oxygen atoms in total. The third kappa shape index (κ3) is 6.66. The number of carbonyl (C=O) groups excluding carboxylic acids is 2. The monoisotopic (exact) mass is 640 g/mol. The number of rotatable bonds is 10. The van der Waals surface area contributed by atoms with Gasteiger partial charge in [0.25, 0.3) is 11.8 Å². The van der Waals surface area contributed by atoms with Crippen LogP contribution in [0.5, 0.6) is 5.75 Å². The molecule has 1 atom stereocenters. The summed E-state index contributed by atoms with van der Waals surface area (Å²) < 4.78 is 21.3. The Balaban J connectivity index is 1.24. The van der Waals surface area contributed by atoms with Crippen LogP contribution in [0.1, 0.15) is 44.6 Å². The van der Waals surface area contributed by atoms with E-state index >= 15 is 0 Å². The fourth-order valence-corrected chi connectivity index (χ4v) is 6.59. The van der Waals surface area contributed by atoms with E-state index in [1.54, 1.807) is 34.1 Å². The van der Waals surface area contributed by atoms with Crippen LogP contribution in [0.4, 0.5) is 4.39 Å². The summed E-state index contributed by atoms with van der Waals surface area (Å²) in [6.07, 6.45) is 0.592. The Labute approximate surface area is 267 Å². The van der Waals surface area contributed by atoms with E-state index in [1.165, 1.54) is 30.0 Å². The number of thiophene rings is 1. The Hall–Kier alpha value is -4.81.